The molecule has 150 valence electrons. The summed E-state index contributed by atoms with van der Waals surface area (Å²) in [5, 5.41) is 3.16. The summed E-state index contributed by atoms with van der Waals surface area (Å²) in [6, 6.07) is 20.8. The van der Waals surface area contributed by atoms with Crippen LogP contribution in [0.4, 0.5) is 10.5 Å². The van der Waals surface area contributed by atoms with Gasteiger partial charge in [-0.05, 0) is 47.2 Å². The van der Waals surface area contributed by atoms with Crippen molar-refractivity contribution < 1.29 is 4.79 Å². The Kier molecular flexibility index (Phi) is 5.43. The van der Waals surface area contributed by atoms with Crippen molar-refractivity contribution in [1.82, 2.24) is 9.47 Å². The van der Waals surface area contributed by atoms with E-state index in [0.717, 1.165) is 35.5 Å². The van der Waals surface area contributed by atoms with Gasteiger partial charge in [0.05, 0.1) is 6.04 Å². The summed E-state index contributed by atoms with van der Waals surface area (Å²) in [6.45, 7) is 8.00. The van der Waals surface area contributed by atoms with E-state index in [9.17, 15) is 4.79 Å². The summed E-state index contributed by atoms with van der Waals surface area (Å²) in [7, 11) is 0. The third-order valence-corrected chi connectivity index (χ3v) is 5.86. The molecule has 29 heavy (non-hydrogen) atoms. The van der Waals surface area contributed by atoms with Crippen molar-refractivity contribution in [2.24, 2.45) is 0 Å². The van der Waals surface area contributed by atoms with E-state index >= 15 is 0 Å². The molecule has 0 aliphatic carbocycles. The molecular formula is C25H29N3O. The summed E-state index contributed by atoms with van der Waals surface area (Å²) < 4.78 is 2.25. The van der Waals surface area contributed by atoms with Crippen LogP contribution in [0.25, 0.3) is 0 Å². The number of para-hydroxylation sites is 1. The molecule has 0 fully saturated rings. The van der Waals surface area contributed by atoms with Crippen molar-refractivity contribution in [3.63, 3.8) is 0 Å². The third kappa shape index (κ3) is 3.80. The van der Waals surface area contributed by atoms with Crippen LogP contribution in [0.3, 0.4) is 0 Å². The zero-order chi connectivity index (χ0) is 20.4. The number of aromatic nitrogens is 1. The first-order valence-corrected chi connectivity index (χ1v) is 10.5. The highest BCUT2D eigenvalue weighted by molar-refractivity contribution is 5.90. The molecule has 4 heteroatoms. The van der Waals surface area contributed by atoms with E-state index in [1.54, 1.807) is 0 Å². The Morgan fingerprint density at radius 2 is 1.79 bits per heavy atom. The lowest BCUT2D eigenvalue weighted by Gasteiger charge is -2.37. The molecule has 3 aromatic rings. The van der Waals surface area contributed by atoms with Crippen molar-refractivity contribution in [1.29, 1.82) is 0 Å². The van der Waals surface area contributed by atoms with Crippen molar-refractivity contribution >= 4 is 11.7 Å². The SMILES string of the molecule is CCc1ccccc1NC(=O)N1CCn2cccc2C1c1ccc(C(C)C)cc1. The van der Waals surface area contributed by atoms with E-state index < -0.39 is 0 Å². The van der Waals surface area contributed by atoms with Gasteiger partial charge in [-0.3, -0.25) is 0 Å². The number of nitrogens with zero attached hydrogens (tertiary/aromatic N) is 2. The quantitative estimate of drug-likeness (QED) is 0.602. The number of aryl methyl sites for hydroxylation is 1. The molecule has 0 spiro atoms. The average Bonchev–Trinajstić information content (AvgIpc) is 3.22. The fourth-order valence-electron chi connectivity index (χ4n) is 4.15. The zero-order valence-corrected chi connectivity index (χ0v) is 17.4. The lowest BCUT2D eigenvalue weighted by molar-refractivity contribution is 0.182. The highest BCUT2D eigenvalue weighted by atomic mass is 16.2. The zero-order valence-electron chi connectivity index (χ0n) is 17.4. The van der Waals surface area contributed by atoms with Crippen molar-refractivity contribution in [2.45, 2.75) is 45.7 Å². The molecule has 0 bridgehead atoms. The lowest BCUT2D eigenvalue weighted by atomic mass is 9.96. The highest BCUT2D eigenvalue weighted by Gasteiger charge is 2.32. The van der Waals surface area contributed by atoms with Crippen molar-refractivity contribution in [2.75, 3.05) is 11.9 Å². The van der Waals surface area contributed by atoms with Crippen molar-refractivity contribution in [3.05, 3.63) is 89.2 Å². The van der Waals surface area contributed by atoms with Crippen LogP contribution in [-0.2, 0) is 13.0 Å². The fourth-order valence-corrected chi connectivity index (χ4v) is 4.15. The number of carbonyl (C=O) groups excluding carboxylic acids is 1. The Hall–Kier alpha value is -3.01. The van der Waals surface area contributed by atoms with Gasteiger partial charge in [0, 0.05) is 30.7 Å². The molecular weight excluding hydrogens is 358 g/mol. The largest absolute Gasteiger partial charge is 0.348 e. The maximum atomic E-state index is 13.3. The first-order valence-electron chi connectivity index (χ1n) is 10.5. The number of fused-ring (bicyclic) bond motifs is 1. The molecule has 4 rings (SSSR count). The predicted octanol–water partition coefficient (Wildman–Crippen LogP) is 5.81. The summed E-state index contributed by atoms with van der Waals surface area (Å²) >= 11 is 0. The van der Waals surface area contributed by atoms with Crippen LogP contribution in [0.15, 0.2) is 66.9 Å². The third-order valence-electron chi connectivity index (χ3n) is 5.86. The van der Waals surface area contributed by atoms with Gasteiger partial charge in [0.2, 0.25) is 0 Å². The van der Waals surface area contributed by atoms with E-state index in [4.69, 9.17) is 0 Å². The second-order valence-corrected chi connectivity index (χ2v) is 7.98. The number of anilines is 1. The minimum atomic E-state index is -0.0891. The molecule has 4 nitrogen and oxygen atoms in total. The van der Waals surface area contributed by atoms with E-state index in [1.807, 2.05) is 23.1 Å². The first-order chi connectivity index (χ1) is 14.1. The molecule has 0 radical (unpaired) electrons. The second kappa shape index (κ2) is 8.16. The number of benzene rings is 2. The molecule has 1 aliphatic rings. The van der Waals surface area contributed by atoms with E-state index in [1.165, 1.54) is 5.56 Å². The summed E-state index contributed by atoms with van der Waals surface area (Å²) in [5.41, 5.74) is 5.67. The van der Waals surface area contributed by atoms with Crippen LogP contribution in [0.5, 0.6) is 0 Å². The average molecular weight is 388 g/mol. The number of carbonyl (C=O) groups is 1. The molecule has 1 aliphatic heterocycles. The molecule has 2 amide bonds. The van der Waals surface area contributed by atoms with Gasteiger partial charge < -0.3 is 14.8 Å². The van der Waals surface area contributed by atoms with Gasteiger partial charge in [-0.15, -0.1) is 0 Å². The molecule has 1 unspecified atom stereocenters. The molecule has 0 saturated heterocycles. The van der Waals surface area contributed by atoms with Gasteiger partial charge >= 0.3 is 6.03 Å². The number of hydrogen-bond acceptors (Lipinski definition) is 1. The van der Waals surface area contributed by atoms with Crippen LogP contribution >= 0.6 is 0 Å². The van der Waals surface area contributed by atoms with Crippen LogP contribution in [-0.4, -0.2) is 22.0 Å². The minimum absolute atomic E-state index is 0.0451. The maximum Gasteiger partial charge on any atom is 0.322 e. The van der Waals surface area contributed by atoms with E-state index in [0.29, 0.717) is 12.5 Å². The van der Waals surface area contributed by atoms with Gasteiger partial charge in [-0.1, -0.05) is 63.2 Å². The lowest BCUT2D eigenvalue weighted by Crippen LogP contribution is -2.44. The molecule has 1 N–H and O–H groups in total. The van der Waals surface area contributed by atoms with Gasteiger partial charge in [0.25, 0.3) is 0 Å². The fraction of sp³-hybridized carbons (Fsp3) is 0.320. The molecule has 0 saturated carbocycles. The number of urea groups is 1. The Labute approximate surface area is 173 Å². The second-order valence-electron chi connectivity index (χ2n) is 7.98. The summed E-state index contributed by atoms with van der Waals surface area (Å²) in [6.07, 6.45) is 2.99. The number of rotatable bonds is 4. The van der Waals surface area contributed by atoms with Gasteiger partial charge in [-0.25, -0.2) is 4.79 Å². The topological polar surface area (TPSA) is 37.3 Å². The summed E-state index contributed by atoms with van der Waals surface area (Å²) in [4.78, 5) is 15.3. The van der Waals surface area contributed by atoms with E-state index in [2.05, 4.69) is 79.3 Å². The van der Waals surface area contributed by atoms with Gasteiger partial charge in [-0.2, -0.15) is 0 Å². The Bertz CT molecular complexity index is 987. The molecule has 2 heterocycles. The smallest absolute Gasteiger partial charge is 0.322 e. The van der Waals surface area contributed by atoms with Gasteiger partial charge in [0.1, 0.15) is 0 Å². The Morgan fingerprint density at radius 3 is 2.52 bits per heavy atom. The van der Waals surface area contributed by atoms with Crippen LogP contribution in [0.2, 0.25) is 0 Å². The number of hydrogen-bond donors (Lipinski definition) is 1. The van der Waals surface area contributed by atoms with Crippen LogP contribution < -0.4 is 5.32 Å². The molecule has 2 aromatic carbocycles. The maximum absolute atomic E-state index is 13.3. The Morgan fingerprint density at radius 1 is 1.03 bits per heavy atom. The van der Waals surface area contributed by atoms with Gasteiger partial charge in [0.15, 0.2) is 0 Å². The minimum Gasteiger partial charge on any atom is -0.348 e. The number of nitrogens with one attached hydrogen (secondary N) is 1. The Balaban J connectivity index is 1.67. The van der Waals surface area contributed by atoms with Crippen LogP contribution in [0, 0.1) is 0 Å². The first kappa shape index (κ1) is 19.3. The van der Waals surface area contributed by atoms with Crippen LogP contribution in [0.1, 0.15) is 55.1 Å². The predicted molar refractivity (Wildman–Crippen MR) is 118 cm³/mol. The molecule has 1 aromatic heterocycles. The number of amides is 2. The summed E-state index contributed by atoms with van der Waals surface area (Å²) in [5.74, 6) is 0.490. The van der Waals surface area contributed by atoms with E-state index in [-0.39, 0.29) is 12.1 Å². The van der Waals surface area contributed by atoms with Crippen molar-refractivity contribution in [3.8, 4) is 0 Å². The standard InChI is InChI=1S/C25H29N3O/c1-4-19-8-5-6-9-22(19)26-25(29)28-17-16-27-15-7-10-23(27)24(28)21-13-11-20(12-14-21)18(2)3/h5-15,18,24H,4,16-17H2,1-3H3,(H,26,29). The molecule has 1 atom stereocenters. The monoisotopic (exact) mass is 387 g/mol. The highest BCUT2D eigenvalue weighted by Crippen LogP contribution is 2.33. The normalized spacial score (nSPS) is 16.0.